The monoisotopic (exact) mass is 357 g/mol. The maximum Gasteiger partial charge on any atom is 0.236 e. The van der Waals surface area contributed by atoms with E-state index in [-0.39, 0.29) is 5.91 Å². The third-order valence-corrected chi connectivity index (χ3v) is 6.41. The Hall–Kier alpha value is -1.43. The summed E-state index contributed by atoms with van der Waals surface area (Å²) < 4.78 is 0. The van der Waals surface area contributed by atoms with E-state index in [1.165, 1.54) is 17.5 Å². The highest BCUT2D eigenvalue weighted by Crippen LogP contribution is 2.25. The van der Waals surface area contributed by atoms with Crippen LogP contribution < -0.4 is 0 Å². The molecule has 1 amide bonds. The van der Waals surface area contributed by atoms with E-state index in [9.17, 15) is 9.90 Å². The van der Waals surface area contributed by atoms with Gasteiger partial charge in [-0.15, -0.1) is 0 Å². The summed E-state index contributed by atoms with van der Waals surface area (Å²) in [5.41, 5.74) is 2.73. The fraction of sp³-hybridized carbons (Fsp3) is 0.667. The molecule has 0 aromatic heterocycles. The van der Waals surface area contributed by atoms with E-state index in [1.54, 1.807) is 0 Å². The van der Waals surface area contributed by atoms with Crippen LogP contribution in [0.4, 0.5) is 0 Å². The van der Waals surface area contributed by atoms with E-state index in [4.69, 9.17) is 0 Å². The molecule has 1 aromatic rings. The van der Waals surface area contributed by atoms with Gasteiger partial charge in [-0.1, -0.05) is 24.3 Å². The molecule has 0 bridgehead atoms. The highest BCUT2D eigenvalue weighted by Gasteiger charge is 2.31. The van der Waals surface area contributed by atoms with E-state index >= 15 is 0 Å². The Balaban J connectivity index is 1.24. The van der Waals surface area contributed by atoms with E-state index < -0.39 is 0 Å². The van der Waals surface area contributed by atoms with Gasteiger partial charge in [-0.05, 0) is 49.3 Å². The highest BCUT2D eigenvalue weighted by atomic mass is 16.3. The Morgan fingerprint density at radius 1 is 1.04 bits per heavy atom. The lowest BCUT2D eigenvalue weighted by molar-refractivity contribution is -0.134. The largest absolute Gasteiger partial charge is 0.396 e. The van der Waals surface area contributed by atoms with Crippen LogP contribution in [-0.2, 0) is 17.9 Å². The minimum atomic E-state index is 0.281. The fourth-order valence-electron chi connectivity index (χ4n) is 4.87. The maximum atomic E-state index is 12.7. The minimum absolute atomic E-state index is 0.281. The van der Waals surface area contributed by atoms with E-state index in [2.05, 4.69) is 39.0 Å². The van der Waals surface area contributed by atoms with Gasteiger partial charge in [-0.2, -0.15) is 0 Å². The summed E-state index contributed by atoms with van der Waals surface area (Å²) in [4.78, 5) is 19.6. The van der Waals surface area contributed by atoms with E-state index in [0.717, 1.165) is 58.5 Å². The van der Waals surface area contributed by atoms with Gasteiger partial charge in [0.1, 0.15) is 0 Å². The average Bonchev–Trinajstić information content (AvgIpc) is 3.10. The van der Waals surface area contributed by atoms with Crippen LogP contribution in [0.25, 0.3) is 0 Å². The zero-order valence-electron chi connectivity index (χ0n) is 15.6. The van der Waals surface area contributed by atoms with Crippen LogP contribution in [0.5, 0.6) is 0 Å². The van der Waals surface area contributed by atoms with Gasteiger partial charge in [-0.3, -0.25) is 14.6 Å². The van der Waals surface area contributed by atoms with Crippen LogP contribution in [0.2, 0.25) is 0 Å². The molecule has 1 aromatic carbocycles. The number of aliphatic hydroxyl groups is 1. The van der Waals surface area contributed by atoms with Crippen molar-refractivity contribution < 1.29 is 9.90 Å². The molecule has 0 saturated carbocycles. The lowest BCUT2D eigenvalue weighted by Crippen LogP contribution is -2.51. The van der Waals surface area contributed by atoms with Gasteiger partial charge in [0, 0.05) is 45.4 Å². The zero-order chi connectivity index (χ0) is 17.9. The molecule has 3 heterocycles. The Kier molecular flexibility index (Phi) is 5.57. The van der Waals surface area contributed by atoms with E-state index in [0.29, 0.717) is 25.1 Å². The average molecular weight is 357 g/mol. The maximum absolute atomic E-state index is 12.7. The molecule has 142 valence electrons. The number of fused-ring (bicyclic) bond motifs is 1. The Morgan fingerprint density at radius 3 is 2.38 bits per heavy atom. The van der Waals surface area contributed by atoms with Crippen molar-refractivity contribution in [3.05, 3.63) is 35.4 Å². The summed E-state index contributed by atoms with van der Waals surface area (Å²) in [6.45, 7) is 6.59. The standard InChI is InChI=1S/C21H31N3O2/c25-16-17-4-3-9-24(12-17)20-7-10-23(11-8-20)21(26)15-22-13-18-5-1-2-6-19(18)14-22/h1-2,5-6,17,20,25H,3-4,7-16H2/t17-/m1/s1. The number of rotatable bonds is 4. The molecule has 3 aliphatic rings. The molecular weight excluding hydrogens is 326 g/mol. The second-order valence-corrected chi connectivity index (χ2v) is 8.21. The van der Waals surface area contributed by atoms with Crippen LogP contribution in [-0.4, -0.2) is 71.1 Å². The number of amides is 1. The number of benzene rings is 1. The summed E-state index contributed by atoms with van der Waals surface area (Å²) in [6.07, 6.45) is 4.50. The Morgan fingerprint density at radius 2 is 1.73 bits per heavy atom. The summed E-state index contributed by atoms with van der Waals surface area (Å²) in [5.74, 6) is 0.725. The molecule has 0 spiro atoms. The number of likely N-dealkylation sites (tertiary alicyclic amines) is 2. The Bertz CT molecular complexity index is 602. The summed E-state index contributed by atoms with van der Waals surface area (Å²) >= 11 is 0. The second kappa shape index (κ2) is 8.07. The first kappa shape index (κ1) is 18.0. The van der Waals surface area contributed by atoms with Crippen molar-refractivity contribution in [2.24, 2.45) is 5.92 Å². The van der Waals surface area contributed by atoms with Gasteiger partial charge in [0.15, 0.2) is 0 Å². The van der Waals surface area contributed by atoms with Crippen LogP contribution in [0.3, 0.4) is 0 Å². The first-order valence-electron chi connectivity index (χ1n) is 10.1. The van der Waals surface area contributed by atoms with Crippen molar-refractivity contribution in [2.45, 2.75) is 44.8 Å². The normalized spacial score (nSPS) is 25.4. The number of nitrogens with zero attached hydrogens (tertiary/aromatic N) is 3. The molecule has 2 fully saturated rings. The quantitative estimate of drug-likeness (QED) is 0.891. The molecule has 26 heavy (non-hydrogen) atoms. The minimum Gasteiger partial charge on any atom is -0.396 e. The lowest BCUT2D eigenvalue weighted by Gasteiger charge is -2.42. The number of hydrogen-bond donors (Lipinski definition) is 1. The molecule has 1 N–H and O–H groups in total. The van der Waals surface area contributed by atoms with Crippen molar-refractivity contribution >= 4 is 5.91 Å². The predicted molar refractivity (Wildman–Crippen MR) is 102 cm³/mol. The van der Waals surface area contributed by atoms with Crippen molar-refractivity contribution in [1.82, 2.24) is 14.7 Å². The van der Waals surface area contributed by atoms with Gasteiger partial charge in [0.05, 0.1) is 6.54 Å². The predicted octanol–water partition coefficient (Wildman–Crippen LogP) is 1.70. The van der Waals surface area contributed by atoms with Crippen molar-refractivity contribution in [1.29, 1.82) is 0 Å². The van der Waals surface area contributed by atoms with Gasteiger partial charge in [0.25, 0.3) is 0 Å². The van der Waals surface area contributed by atoms with Crippen LogP contribution in [0.1, 0.15) is 36.8 Å². The van der Waals surface area contributed by atoms with Gasteiger partial charge < -0.3 is 10.0 Å². The molecule has 5 nitrogen and oxygen atoms in total. The van der Waals surface area contributed by atoms with Crippen LogP contribution in [0, 0.1) is 5.92 Å². The third kappa shape index (κ3) is 3.95. The number of aliphatic hydroxyl groups excluding tert-OH is 1. The molecule has 0 aliphatic carbocycles. The number of piperidine rings is 2. The first-order chi connectivity index (χ1) is 12.7. The molecular formula is C21H31N3O2. The van der Waals surface area contributed by atoms with Crippen LogP contribution in [0.15, 0.2) is 24.3 Å². The lowest BCUT2D eigenvalue weighted by atomic mass is 9.94. The first-order valence-corrected chi connectivity index (χ1v) is 10.1. The van der Waals surface area contributed by atoms with Gasteiger partial charge >= 0.3 is 0 Å². The summed E-state index contributed by atoms with van der Waals surface area (Å²) in [5, 5.41) is 9.44. The second-order valence-electron chi connectivity index (χ2n) is 8.21. The van der Waals surface area contributed by atoms with Crippen molar-refractivity contribution in [3.8, 4) is 0 Å². The topological polar surface area (TPSA) is 47.0 Å². The number of carbonyl (C=O) groups is 1. The SMILES string of the molecule is O=C(CN1Cc2ccccc2C1)N1CCC(N2CCC[C@@H](CO)C2)CC1. The molecule has 1 atom stereocenters. The number of carbonyl (C=O) groups excluding carboxylic acids is 1. The molecule has 3 aliphatic heterocycles. The fourth-order valence-corrected chi connectivity index (χ4v) is 4.87. The van der Waals surface area contributed by atoms with Gasteiger partial charge in [-0.25, -0.2) is 0 Å². The summed E-state index contributed by atoms with van der Waals surface area (Å²) in [7, 11) is 0. The van der Waals surface area contributed by atoms with E-state index in [1.807, 2.05) is 0 Å². The molecule has 5 heteroatoms. The summed E-state index contributed by atoms with van der Waals surface area (Å²) in [6, 6.07) is 9.09. The Labute approximate surface area is 156 Å². The highest BCUT2D eigenvalue weighted by molar-refractivity contribution is 5.78. The van der Waals surface area contributed by atoms with Crippen molar-refractivity contribution in [3.63, 3.8) is 0 Å². The third-order valence-electron chi connectivity index (χ3n) is 6.41. The smallest absolute Gasteiger partial charge is 0.236 e. The molecule has 0 radical (unpaired) electrons. The molecule has 2 saturated heterocycles. The zero-order valence-corrected chi connectivity index (χ0v) is 15.6. The molecule has 4 rings (SSSR count). The van der Waals surface area contributed by atoms with Crippen LogP contribution >= 0.6 is 0 Å². The van der Waals surface area contributed by atoms with Gasteiger partial charge in [0.2, 0.25) is 5.91 Å². The number of hydrogen-bond acceptors (Lipinski definition) is 4. The van der Waals surface area contributed by atoms with Crippen molar-refractivity contribution in [2.75, 3.05) is 39.3 Å². The molecule has 0 unspecified atom stereocenters.